The van der Waals surface area contributed by atoms with Gasteiger partial charge in [-0.2, -0.15) is 13.5 Å². The minimum Gasteiger partial charge on any atom is -0.197 e. The molecule has 2 nitrogen and oxygen atoms in total. The molecule has 0 atom stereocenters. The van der Waals surface area contributed by atoms with E-state index in [1.807, 2.05) is 0 Å². The van der Waals surface area contributed by atoms with Crippen molar-refractivity contribution < 1.29 is 4.79 Å². The van der Waals surface area contributed by atoms with Crippen LogP contribution < -0.4 is 0 Å². The molecule has 0 heterocycles. The van der Waals surface area contributed by atoms with Crippen molar-refractivity contribution in [3.05, 3.63) is 0 Å². The van der Waals surface area contributed by atoms with Gasteiger partial charge in [-0.15, -0.1) is 0 Å². The molecule has 3 heteroatoms. The SMILES string of the molecule is C=[N+]=N.S. The van der Waals surface area contributed by atoms with Gasteiger partial charge in [0.15, 0.2) is 0 Å². The molecule has 0 fully saturated rings. The van der Waals surface area contributed by atoms with Crippen LogP contribution in [0.1, 0.15) is 0 Å². The molecule has 24 valence electrons. The standard InChI is InChI=1S/CH3N2.H2S/c1-3-2;/h2H,1H2;1H2/q+1;. The molecule has 0 radical (unpaired) electrons. The number of hydrogen-bond donors (Lipinski definition) is 1. The first-order chi connectivity index (χ1) is 1.41. The first-order valence-electron chi connectivity index (χ1n) is 0.540. The topological polar surface area (TPSA) is 38.0 Å². The summed E-state index contributed by atoms with van der Waals surface area (Å²) in [4.78, 5) is 2.50. The van der Waals surface area contributed by atoms with Crippen molar-refractivity contribution in [2.24, 2.45) is 0 Å². The van der Waals surface area contributed by atoms with Crippen LogP contribution >= 0.6 is 13.5 Å². The van der Waals surface area contributed by atoms with E-state index in [0.29, 0.717) is 0 Å². The maximum absolute atomic E-state index is 5.72. The molecule has 0 aromatic rings. The Morgan fingerprint density at radius 2 is 1.75 bits per heavy atom. The molecule has 0 aromatic carbocycles. The summed E-state index contributed by atoms with van der Waals surface area (Å²) < 4.78 is 0. The van der Waals surface area contributed by atoms with Crippen LogP contribution in [0.4, 0.5) is 0 Å². The molecule has 0 aromatic heterocycles. The molecule has 0 saturated carbocycles. The largest absolute Gasteiger partial charge is 0.295 e. The Balaban J connectivity index is 0. The normalized spacial score (nSPS) is 2.00. The number of nitrogens with zero attached hydrogens (tertiary/aromatic N) is 1. The van der Waals surface area contributed by atoms with Gasteiger partial charge in [0.25, 0.3) is 6.72 Å². The second kappa shape index (κ2) is 15.3. The third kappa shape index (κ3) is 12.6. The van der Waals surface area contributed by atoms with Crippen molar-refractivity contribution in [3.8, 4) is 0 Å². The summed E-state index contributed by atoms with van der Waals surface area (Å²) in [5.74, 6) is 0. The zero-order valence-corrected chi connectivity index (χ0v) is 3.15. The van der Waals surface area contributed by atoms with Crippen LogP contribution in [-0.2, 0) is 0 Å². The van der Waals surface area contributed by atoms with Crippen LogP contribution in [0.2, 0.25) is 0 Å². The molecule has 0 aliphatic rings. The zero-order chi connectivity index (χ0) is 2.71. The summed E-state index contributed by atoms with van der Waals surface area (Å²) in [5.41, 5.74) is 5.72. The van der Waals surface area contributed by atoms with Crippen LogP contribution in [0.15, 0.2) is 0 Å². The van der Waals surface area contributed by atoms with E-state index >= 15 is 0 Å². The molecule has 1 N–H and O–H groups in total. The lowest BCUT2D eigenvalue weighted by Crippen LogP contribution is -1.24. The van der Waals surface area contributed by atoms with Crippen molar-refractivity contribution in [2.45, 2.75) is 0 Å². The van der Waals surface area contributed by atoms with Gasteiger partial charge >= 0.3 is 0 Å². The molecule has 0 aliphatic carbocycles. The van der Waals surface area contributed by atoms with Gasteiger partial charge in [-0.1, -0.05) is 0 Å². The van der Waals surface area contributed by atoms with E-state index in [2.05, 4.69) is 11.5 Å². The minimum atomic E-state index is 0. The summed E-state index contributed by atoms with van der Waals surface area (Å²) >= 11 is 0. The Kier molecular flexibility index (Phi) is 35.6. The highest BCUT2D eigenvalue weighted by atomic mass is 32.1. The monoisotopic (exact) mass is 77.0 g/mol. The van der Waals surface area contributed by atoms with E-state index < -0.39 is 0 Å². The molecule has 0 rings (SSSR count). The lowest BCUT2D eigenvalue weighted by molar-refractivity contribution is -0.106. The van der Waals surface area contributed by atoms with Crippen LogP contribution in [0.3, 0.4) is 0 Å². The van der Waals surface area contributed by atoms with Crippen LogP contribution in [-0.4, -0.2) is 11.5 Å². The lowest BCUT2D eigenvalue weighted by Gasteiger charge is -0.898. The second-order valence-electron chi connectivity index (χ2n) is 0.158. The van der Waals surface area contributed by atoms with Gasteiger partial charge in [-0.05, 0) is 0 Å². The van der Waals surface area contributed by atoms with Gasteiger partial charge in [0.05, 0.1) is 5.53 Å². The third-order valence-electron chi connectivity index (χ3n) is 0. The Bertz CT molecular complexity index is 27.0. The average Bonchev–Trinajstić information content (AvgIpc) is 0.918. The molecule has 0 amide bonds. The van der Waals surface area contributed by atoms with Crippen LogP contribution in [0, 0.1) is 5.53 Å². The third-order valence-corrected chi connectivity index (χ3v) is 0. The van der Waals surface area contributed by atoms with E-state index in [-0.39, 0.29) is 13.5 Å². The van der Waals surface area contributed by atoms with Crippen molar-refractivity contribution in [1.29, 1.82) is 5.53 Å². The van der Waals surface area contributed by atoms with E-state index in [9.17, 15) is 0 Å². The second-order valence-corrected chi connectivity index (χ2v) is 0.158. The Morgan fingerprint density at radius 1 is 1.75 bits per heavy atom. The van der Waals surface area contributed by atoms with Gasteiger partial charge in [0.1, 0.15) is 0 Å². The van der Waals surface area contributed by atoms with E-state index in [1.165, 1.54) is 0 Å². The van der Waals surface area contributed by atoms with Crippen molar-refractivity contribution in [3.63, 3.8) is 0 Å². The summed E-state index contributed by atoms with van der Waals surface area (Å²) in [6.07, 6.45) is 0. The molecule has 4 heavy (non-hydrogen) atoms. The van der Waals surface area contributed by atoms with Crippen LogP contribution in [0.25, 0.3) is 0 Å². The Morgan fingerprint density at radius 3 is 1.75 bits per heavy atom. The first-order valence-corrected chi connectivity index (χ1v) is 0.540. The number of nitrogens with one attached hydrogen (secondary N) is 1. The smallest absolute Gasteiger partial charge is 0.197 e. The van der Waals surface area contributed by atoms with Crippen molar-refractivity contribution >= 4 is 20.2 Å². The van der Waals surface area contributed by atoms with Gasteiger partial charge in [-0.25, -0.2) is 0 Å². The fraction of sp³-hybridized carbons (Fsp3) is 0. The van der Waals surface area contributed by atoms with Gasteiger partial charge < -0.3 is 0 Å². The molecule has 0 spiro atoms. The fourth-order valence-corrected chi connectivity index (χ4v) is 0. The van der Waals surface area contributed by atoms with E-state index in [0.717, 1.165) is 0 Å². The summed E-state index contributed by atoms with van der Waals surface area (Å²) in [6.45, 7) is 2.78. The molecule has 0 bridgehead atoms. The summed E-state index contributed by atoms with van der Waals surface area (Å²) in [7, 11) is 0. The Labute approximate surface area is 31.5 Å². The minimum absolute atomic E-state index is 0. The Hall–Kier alpha value is -0.270. The molecular formula is CH5N2S+. The maximum Gasteiger partial charge on any atom is 0.295 e. The summed E-state index contributed by atoms with van der Waals surface area (Å²) in [5, 5.41) is 0. The number of rotatable bonds is 0. The van der Waals surface area contributed by atoms with Gasteiger partial charge in [0, 0.05) is 4.79 Å². The lowest BCUT2D eigenvalue weighted by atomic mass is 11.8. The predicted molar refractivity (Wildman–Crippen MR) is 20.5 cm³/mol. The average molecular weight is 77.1 g/mol. The van der Waals surface area contributed by atoms with Gasteiger partial charge in [0.2, 0.25) is 0 Å². The maximum atomic E-state index is 5.72. The van der Waals surface area contributed by atoms with E-state index in [1.54, 1.807) is 0 Å². The van der Waals surface area contributed by atoms with Gasteiger partial charge in [-0.3, -0.25) is 0 Å². The quantitative estimate of drug-likeness (QED) is 0.241. The highest BCUT2D eigenvalue weighted by Crippen LogP contribution is 0.810. The fourth-order valence-electron chi connectivity index (χ4n) is 0. The molecule has 0 unspecified atom stereocenters. The van der Waals surface area contributed by atoms with Crippen molar-refractivity contribution in [1.82, 2.24) is 0 Å². The molecular weight excluding hydrogens is 72.1 g/mol. The summed E-state index contributed by atoms with van der Waals surface area (Å²) in [6, 6.07) is 0. The van der Waals surface area contributed by atoms with Crippen LogP contribution in [0.5, 0.6) is 0 Å². The number of hydrogen-bond acceptors (Lipinski definition) is 1. The van der Waals surface area contributed by atoms with Crippen molar-refractivity contribution in [2.75, 3.05) is 0 Å². The highest BCUT2D eigenvalue weighted by Gasteiger charge is 1.12. The zero-order valence-electron chi connectivity index (χ0n) is 2.15. The predicted octanol–water partition coefficient (Wildman–Crippen LogP) is 0.0390. The molecule has 0 saturated heterocycles. The molecule has 0 aliphatic heterocycles. The highest BCUT2D eigenvalue weighted by molar-refractivity contribution is 7.59. The van der Waals surface area contributed by atoms with E-state index in [4.69, 9.17) is 5.53 Å². The first kappa shape index (κ1) is 9.29.